The van der Waals surface area contributed by atoms with Gasteiger partial charge in [0, 0.05) is 25.0 Å². The zero-order valence-electron chi connectivity index (χ0n) is 13.8. The standard InChI is InChI=1S/C17H24N4O2/c1-17(2,3)23-16(22)21-15(13-7-5-4-6-8-13)11-18-9-14-10-19-12-20-14/h4-8,10,12,15,18H,9,11H2,1-3H3,(H,19,20)(H,21,22). The van der Waals surface area contributed by atoms with Crippen molar-refractivity contribution in [2.45, 2.75) is 39.0 Å². The number of rotatable bonds is 6. The highest BCUT2D eigenvalue weighted by atomic mass is 16.6. The zero-order chi connectivity index (χ0) is 16.7. The van der Waals surface area contributed by atoms with Crippen LogP contribution >= 0.6 is 0 Å². The van der Waals surface area contributed by atoms with E-state index in [1.54, 1.807) is 12.5 Å². The first kappa shape index (κ1) is 17.0. The molecule has 6 heteroatoms. The van der Waals surface area contributed by atoms with Crippen molar-refractivity contribution in [3.05, 3.63) is 54.1 Å². The van der Waals surface area contributed by atoms with Gasteiger partial charge in [-0.2, -0.15) is 0 Å². The van der Waals surface area contributed by atoms with Crippen LogP contribution in [-0.4, -0.2) is 28.2 Å². The van der Waals surface area contributed by atoms with Crippen molar-refractivity contribution in [1.29, 1.82) is 0 Å². The van der Waals surface area contributed by atoms with E-state index < -0.39 is 11.7 Å². The minimum atomic E-state index is -0.519. The number of nitrogens with one attached hydrogen (secondary N) is 3. The molecule has 0 radical (unpaired) electrons. The summed E-state index contributed by atoms with van der Waals surface area (Å²) in [7, 11) is 0. The highest BCUT2D eigenvalue weighted by molar-refractivity contribution is 5.68. The Bertz CT molecular complexity index is 591. The van der Waals surface area contributed by atoms with Gasteiger partial charge in [0.2, 0.25) is 0 Å². The first-order valence-corrected chi connectivity index (χ1v) is 7.66. The second kappa shape index (κ2) is 7.78. The van der Waals surface area contributed by atoms with E-state index in [-0.39, 0.29) is 6.04 Å². The second-order valence-electron chi connectivity index (χ2n) is 6.32. The van der Waals surface area contributed by atoms with Gasteiger partial charge in [-0.1, -0.05) is 30.3 Å². The molecule has 3 N–H and O–H groups in total. The van der Waals surface area contributed by atoms with Crippen LogP contribution in [0.3, 0.4) is 0 Å². The average Bonchev–Trinajstić information content (AvgIpc) is 2.98. The molecule has 0 spiro atoms. The smallest absolute Gasteiger partial charge is 0.408 e. The van der Waals surface area contributed by atoms with Crippen LogP contribution in [-0.2, 0) is 11.3 Å². The first-order chi connectivity index (χ1) is 10.9. The SMILES string of the molecule is CC(C)(C)OC(=O)NC(CNCc1cnc[nH]1)c1ccccc1. The van der Waals surface area contributed by atoms with Crippen LogP contribution in [0.25, 0.3) is 0 Å². The number of hydrogen-bond donors (Lipinski definition) is 3. The minimum Gasteiger partial charge on any atom is -0.444 e. The van der Waals surface area contributed by atoms with Gasteiger partial charge in [0.25, 0.3) is 0 Å². The summed E-state index contributed by atoms with van der Waals surface area (Å²) < 4.78 is 5.35. The molecule has 0 aliphatic rings. The highest BCUT2D eigenvalue weighted by Crippen LogP contribution is 2.14. The molecule has 2 aromatic rings. The number of alkyl carbamates (subject to hydrolysis) is 1. The van der Waals surface area contributed by atoms with Crippen molar-refractivity contribution in [1.82, 2.24) is 20.6 Å². The number of hydrogen-bond acceptors (Lipinski definition) is 4. The Hall–Kier alpha value is -2.34. The molecule has 6 nitrogen and oxygen atoms in total. The van der Waals surface area contributed by atoms with E-state index in [0.717, 1.165) is 11.3 Å². The second-order valence-corrected chi connectivity index (χ2v) is 6.32. The van der Waals surface area contributed by atoms with Gasteiger partial charge < -0.3 is 20.4 Å². The van der Waals surface area contributed by atoms with Crippen LogP contribution in [0.2, 0.25) is 0 Å². The maximum atomic E-state index is 12.1. The molecule has 1 heterocycles. The summed E-state index contributed by atoms with van der Waals surface area (Å²) in [5.74, 6) is 0. The van der Waals surface area contributed by atoms with E-state index in [4.69, 9.17) is 4.74 Å². The molecule has 1 unspecified atom stereocenters. The van der Waals surface area contributed by atoms with Crippen LogP contribution in [0.1, 0.15) is 38.1 Å². The molecule has 0 aliphatic heterocycles. The van der Waals surface area contributed by atoms with E-state index in [9.17, 15) is 4.79 Å². The molecule has 1 amide bonds. The summed E-state index contributed by atoms with van der Waals surface area (Å²) in [4.78, 5) is 19.1. The minimum absolute atomic E-state index is 0.172. The number of imidazole rings is 1. The van der Waals surface area contributed by atoms with Crippen molar-refractivity contribution in [2.24, 2.45) is 0 Å². The van der Waals surface area contributed by atoms with Gasteiger partial charge in [-0.05, 0) is 26.3 Å². The molecule has 0 bridgehead atoms. The summed E-state index contributed by atoms with van der Waals surface area (Å²) in [5.41, 5.74) is 1.50. The Balaban J connectivity index is 1.96. The summed E-state index contributed by atoms with van der Waals surface area (Å²) in [6, 6.07) is 9.66. The quantitative estimate of drug-likeness (QED) is 0.765. The molecule has 0 saturated heterocycles. The van der Waals surface area contributed by atoms with E-state index in [1.807, 2.05) is 51.1 Å². The number of aromatic amines is 1. The molecule has 1 aromatic heterocycles. The van der Waals surface area contributed by atoms with Gasteiger partial charge in [-0.3, -0.25) is 0 Å². The van der Waals surface area contributed by atoms with Gasteiger partial charge in [0.15, 0.2) is 0 Å². The van der Waals surface area contributed by atoms with Gasteiger partial charge in [-0.15, -0.1) is 0 Å². The third-order valence-electron chi connectivity index (χ3n) is 3.11. The van der Waals surface area contributed by atoms with Crippen LogP contribution < -0.4 is 10.6 Å². The van der Waals surface area contributed by atoms with E-state index >= 15 is 0 Å². The van der Waals surface area contributed by atoms with Crippen LogP contribution in [0.4, 0.5) is 4.79 Å². The lowest BCUT2D eigenvalue weighted by atomic mass is 10.1. The van der Waals surface area contributed by atoms with Crippen molar-refractivity contribution in [3.63, 3.8) is 0 Å². The predicted molar refractivity (Wildman–Crippen MR) is 88.8 cm³/mol. The van der Waals surface area contributed by atoms with Crippen molar-refractivity contribution < 1.29 is 9.53 Å². The lowest BCUT2D eigenvalue weighted by Crippen LogP contribution is -2.39. The third kappa shape index (κ3) is 6.12. The van der Waals surface area contributed by atoms with Crippen molar-refractivity contribution >= 4 is 6.09 Å². The van der Waals surface area contributed by atoms with E-state index in [0.29, 0.717) is 13.1 Å². The first-order valence-electron chi connectivity index (χ1n) is 7.66. The number of aromatic nitrogens is 2. The monoisotopic (exact) mass is 316 g/mol. The average molecular weight is 316 g/mol. The summed E-state index contributed by atoms with van der Waals surface area (Å²) in [6.07, 6.45) is 2.99. The Morgan fingerprint density at radius 3 is 2.65 bits per heavy atom. The lowest BCUT2D eigenvalue weighted by molar-refractivity contribution is 0.0503. The lowest BCUT2D eigenvalue weighted by Gasteiger charge is -2.24. The molecule has 124 valence electrons. The number of carbonyl (C=O) groups excluding carboxylic acids is 1. The number of amides is 1. The fraction of sp³-hybridized carbons (Fsp3) is 0.412. The molecule has 1 aromatic carbocycles. The molecule has 0 saturated carbocycles. The molecule has 0 aliphatic carbocycles. The van der Waals surface area contributed by atoms with Gasteiger partial charge >= 0.3 is 6.09 Å². The van der Waals surface area contributed by atoms with Gasteiger partial charge in [0.1, 0.15) is 5.60 Å². The molecular formula is C17H24N4O2. The fourth-order valence-corrected chi connectivity index (χ4v) is 2.12. The van der Waals surface area contributed by atoms with Gasteiger partial charge in [-0.25, -0.2) is 9.78 Å². The molecule has 2 rings (SSSR count). The van der Waals surface area contributed by atoms with Crippen molar-refractivity contribution in [3.8, 4) is 0 Å². The number of nitrogens with zero attached hydrogens (tertiary/aromatic N) is 1. The molecule has 1 atom stereocenters. The summed E-state index contributed by atoms with van der Waals surface area (Å²) >= 11 is 0. The van der Waals surface area contributed by atoms with Crippen LogP contribution in [0, 0.1) is 0 Å². The topological polar surface area (TPSA) is 79.0 Å². The summed E-state index contributed by atoms with van der Waals surface area (Å²) in [5, 5.41) is 6.23. The number of benzene rings is 1. The Morgan fingerprint density at radius 1 is 1.30 bits per heavy atom. The number of H-pyrrole nitrogens is 1. The van der Waals surface area contributed by atoms with E-state index in [1.165, 1.54) is 0 Å². The Labute approximate surface area is 136 Å². The Kier molecular flexibility index (Phi) is 5.76. The maximum Gasteiger partial charge on any atom is 0.408 e. The summed E-state index contributed by atoms with van der Waals surface area (Å²) in [6.45, 7) is 6.78. The number of carbonyl (C=O) groups is 1. The Morgan fingerprint density at radius 2 is 2.04 bits per heavy atom. The molecule has 23 heavy (non-hydrogen) atoms. The highest BCUT2D eigenvalue weighted by Gasteiger charge is 2.20. The van der Waals surface area contributed by atoms with Crippen LogP contribution in [0.5, 0.6) is 0 Å². The van der Waals surface area contributed by atoms with Crippen LogP contribution in [0.15, 0.2) is 42.9 Å². The van der Waals surface area contributed by atoms with Gasteiger partial charge in [0.05, 0.1) is 12.4 Å². The number of ether oxygens (including phenoxy) is 1. The van der Waals surface area contributed by atoms with E-state index in [2.05, 4.69) is 20.6 Å². The molecular weight excluding hydrogens is 292 g/mol. The normalized spacial score (nSPS) is 12.7. The largest absolute Gasteiger partial charge is 0.444 e. The van der Waals surface area contributed by atoms with Crippen molar-refractivity contribution in [2.75, 3.05) is 6.54 Å². The zero-order valence-corrected chi connectivity index (χ0v) is 13.8. The maximum absolute atomic E-state index is 12.1. The fourth-order valence-electron chi connectivity index (χ4n) is 2.12. The molecule has 0 fully saturated rings. The predicted octanol–water partition coefficient (Wildman–Crippen LogP) is 2.77. The third-order valence-corrected chi connectivity index (χ3v) is 3.11.